The number of carboxylic acid groups (broad SMARTS) is 1. The van der Waals surface area contributed by atoms with E-state index in [4.69, 9.17) is 11.5 Å². The molecule has 0 aromatic carbocycles. The number of amides is 2. The van der Waals surface area contributed by atoms with Crippen LogP contribution in [0.1, 0.15) is 32.1 Å². The first kappa shape index (κ1) is 13.4. The number of urea groups is 1. The van der Waals surface area contributed by atoms with Gasteiger partial charge in [-0.1, -0.05) is 6.42 Å². The summed E-state index contributed by atoms with van der Waals surface area (Å²) >= 11 is 0. The predicted octanol–water partition coefficient (Wildman–Crippen LogP) is 0.952. The monoisotopic (exact) mass is 238 g/mol. The molecule has 2 unspecified atom stereocenters. The smallest absolute Gasteiger partial charge is 0.315 e. The summed E-state index contributed by atoms with van der Waals surface area (Å²) in [5.74, 6) is 1.20. The van der Waals surface area contributed by atoms with Gasteiger partial charge in [0.05, 0.1) is 5.92 Å². The van der Waals surface area contributed by atoms with E-state index in [-0.39, 0.29) is 12.1 Å². The molecular formula is C12H18N2O3. The highest BCUT2D eigenvalue weighted by molar-refractivity contribution is 5.76. The Bertz CT molecular complexity index is 322. The van der Waals surface area contributed by atoms with Crippen molar-refractivity contribution in [2.75, 3.05) is 6.54 Å². The van der Waals surface area contributed by atoms with Gasteiger partial charge in [0, 0.05) is 19.0 Å². The summed E-state index contributed by atoms with van der Waals surface area (Å²) in [6, 6.07) is -0.555. The van der Waals surface area contributed by atoms with Gasteiger partial charge in [-0.15, -0.1) is 12.3 Å². The number of unbranched alkanes of at least 4 members (excludes halogenated alkanes) is 1. The molecule has 5 nitrogen and oxygen atoms in total. The Morgan fingerprint density at radius 1 is 1.41 bits per heavy atom. The molecule has 1 rings (SSSR count). The zero-order chi connectivity index (χ0) is 12.7. The van der Waals surface area contributed by atoms with Crippen molar-refractivity contribution >= 4 is 12.0 Å². The average molecular weight is 238 g/mol. The molecule has 2 amide bonds. The van der Waals surface area contributed by atoms with E-state index in [1.54, 1.807) is 0 Å². The summed E-state index contributed by atoms with van der Waals surface area (Å²) in [5.41, 5.74) is 0. The van der Waals surface area contributed by atoms with Crippen molar-refractivity contribution in [3.63, 3.8) is 0 Å². The molecule has 94 valence electrons. The largest absolute Gasteiger partial charge is 0.481 e. The SMILES string of the molecule is C#CCCCNC(=O)NC1CCCC1C(=O)O. The molecule has 0 aromatic heterocycles. The van der Waals surface area contributed by atoms with E-state index in [0.717, 1.165) is 19.3 Å². The Kier molecular flexibility index (Phi) is 5.34. The Balaban J connectivity index is 2.26. The van der Waals surface area contributed by atoms with E-state index in [1.165, 1.54) is 0 Å². The molecular weight excluding hydrogens is 220 g/mol. The summed E-state index contributed by atoms with van der Waals surface area (Å²) in [5, 5.41) is 14.3. The van der Waals surface area contributed by atoms with Crippen LogP contribution in [0.25, 0.3) is 0 Å². The first-order valence-corrected chi connectivity index (χ1v) is 5.85. The van der Waals surface area contributed by atoms with Crippen LogP contribution < -0.4 is 10.6 Å². The van der Waals surface area contributed by atoms with Crippen LogP contribution in [0.5, 0.6) is 0 Å². The summed E-state index contributed by atoms with van der Waals surface area (Å²) < 4.78 is 0. The lowest BCUT2D eigenvalue weighted by Crippen LogP contribution is -2.45. The number of nitrogens with one attached hydrogen (secondary N) is 2. The normalized spacial score (nSPS) is 22.8. The lowest BCUT2D eigenvalue weighted by atomic mass is 10.0. The molecule has 0 aliphatic heterocycles. The molecule has 17 heavy (non-hydrogen) atoms. The second-order valence-electron chi connectivity index (χ2n) is 4.19. The quantitative estimate of drug-likeness (QED) is 0.493. The van der Waals surface area contributed by atoms with E-state index in [0.29, 0.717) is 19.4 Å². The van der Waals surface area contributed by atoms with Gasteiger partial charge in [0.15, 0.2) is 0 Å². The highest BCUT2D eigenvalue weighted by Gasteiger charge is 2.33. The number of carbonyl (C=O) groups excluding carboxylic acids is 1. The topological polar surface area (TPSA) is 78.4 Å². The van der Waals surface area contributed by atoms with E-state index >= 15 is 0 Å². The maximum absolute atomic E-state index is 11.5. The van der Waals surface area contributed by atoms with Gasteiger partial charge in [0.2, 0.25) is 0 Å². The first-order chi connectivity index (χ1) is 8.15. The van der Waals surface area contributed by atoms with E-state index in [2.05, 4.69) is 16.6 Å². The van der Waals surface area contributed by atoms with Gasteiger partial charge < -0.3 is 15.7 Å². The van der Waals surface area contributed by atoms with E-state index in [1.807, 2.05) is 0 Å². The molecule has 0 saturated heterocycles. The minimum absolute atomic E-state index is 0.250. The number of carbonyl (C=O) groups is 2. The zero-order valence-corrected chi connectivity index (χ0v) is 9.74. The van der Waals surface area contributed by atoms with Crippen LogP contribution in [-0.2, 0) is 4.79 Å². The highest BCUT2D eigenvalue weighted by atomic mass is 16.4. The van der Waals surface area contributed by atoms with Gasteiger partial charge in [-0.25, -0.2) is 4.79 Å². The molecule has 1 fully saturated rings. The summed E-state index contributed by atoms with van der Waals surface area (Å²) in [4.78, 5) is 22.4. The molecule has 1 aliphatic carbocycles. The van der Waals surface area contributed by atoms with Crippen molar-refractivity contribution in [2.45, 2.75) is 38.1 Å². The minimum atomic E-state index is -0.833. The molecule has 3 N–H and O–H groups in total. The molecule has 1 aliphatic rings. The third kappa shape index (κ3) is 4.35. The maximum Gasteiger partial charge on any atom is 0.315 e. The fourth-order valence-electron chi connectivity index (χ4n) is 2.04. The summed E-state index contributed by atoms with van der Waals surface area (Å²) in [7, 11) is 0. The van der Waals surface area contributed by atoms with Gasteiger partial charge in [-0.2, -0.15) is 0 Å². The van der Waals surface area contributed by atoms with Crippen molar-refractivity contribution in [1.82, 2.24) is 10.6 Å². The number of carboxylic acids is 1. The third-order valence-corrected chi connectivity index (χ3v) is 2.93. The van der Waals surface area contributed by atoms with Gasteiger partial charge in [0.25, 0.3) is 0 Å². The fraction of sp³-hybridized carbons (Fsp3) is 0.667. The first-order valence-electron chi connectivity index (χ1n) is 5.85. The predicted molar refractivity (Wildman–Crippen MR) is 63.4 cm³/mol. The van der Waals surface area contributed by atoms with Crippen molar-refractivity contribution in [1.29, 1.82) is 0 Å². The van der Waals surface area contributed by atoms with Gasteiger partial charge in [-0.05, 0) is 19.3 Å². The van der Waals surface area contributed by atoms with Crippen LogP contribution in [0.3, 0.4) is 0 Å². The standard InChI is InChI=1S/C12H18N2O3/c1-2-3-4-8-13-12(17)14-10-7-5-6-9(10)11(15)16/h1,9-10H,3-8H2,(H,15,16)(H2,13,14,17). The summed E-state index contributed by atoms with van der Waals surface area (Å²) in [6.07, 6.45) is 8.66. The van der Waals surface area contributed by atoms with E-state index in [9.17, 15) is 9.59 Å². The summed E-state index contributed by atoms with van der Waals surface area (Å²) in [6.45, 7) is 0.514. The van der Waals surface area contributed by atoms with Crippen molar-refractivity contribution in [3.05, 3.63) is 0 Å². The van der Waals surface area contributed by atoms with Crippen LogP contribution in [0.4, 0.5) is 4.79 Å². The van der Waals surface area contributed by atoms with Crippen molar-refractivity contribution in [3.8, 4) is 12.3 Å². The van der Waals surface area contributed by atoms with Gasteiger partial charge >= 0.3 is 12.0 Å². The molecule has 1 saturated carbocycles. The van der Waals surface area contributed by atoms with Crippen LogP contribution in [0, 0.1) is 18.3 Å². The second kappa shape index (κ2) is 6.79. The van der Waals surface area contributed by atoms with Gasteiger partial charge in [-0.3, -0.25) is 4.79 Å². The average Bonchev–Trinajstić information content (AvgIpc) is 2.72. The third-order valence-electron chi connectivity index (χ3n) is 2.93. The van der Waals surface area contributed by atoms with Gasteiger partial charge in [0.1, 0.15) is 0 Å². The Hall–Kier alpha value is -1.70. The molecule has 0 aromatic rings. The molecule has 2 atom stereocenters. The number of aliphatic carboxylic acids is 1. The number of rotatable bonds is 5. The Labute approximate surface area is 101 Å². The zero-order valence-electron chi connectivity index (χ0n) is 9.74. The molecule has 5 heteroatoms. The van der Waals surface area contributed by atoms with E-state index < -0.39 is 11.9 Å². The molecule has 0 heterocycles. The molecule has 0 bridgehead atoms. The number of terminal acetylenes is 1. The Morgan fingerprint density at radius 3 is 2.82 bits per heavy atom. The Morgan fingerprint density at radius 2 is 2.18 bits per heavy atom. The van der Waals surface area contributed by atoms with Crippen LogP contribution >= 0.6 is 0 Å². The minimum Gasteiger partial charge on any atom is -0.481 e. The molecule has 0 radical (unpaired) electrons. The molecule has 0 spiro atoms. The second-order valence-corrected chi connectivity index (χ2v) is 4.19. The van der Waals surface area contributed by atoms with Crippen LogP contribution in [0.2, 0.25) is 0 Å². The fourth-order valence-corrected chi connectivity index (χ4v) is 2.04. The van der Waals surface area contributed by atoms with Crippen LogP contribution in [0.15, 0.2) is 0 Å². The van der Waals surface area contributed by atoms with Crippen LogP contribution in [-0.4, -0.2) is 29.7 Å². The lowest BCUT2D eigenvalue weighted by Gasteiger charge is -2.17. The lowest BCUT2D eigenvalue weighted by molar-refractivity contribution is -0.142. The maximum atomic E-state index is 11.5. The van der Waals surface area contributed by atoms with Crippen molar-refractivity contribution < 1.29 is 14.7 Å². The number of hydrogen-bond donors (Lipinski definition) is 3. The van der Waals surface area contributed by atoms with Crippen molar-refractivity contribution in [2.24, 2.45) is 5.92 Å². The highest BCUT2D eigenvalue weighted by Crippen LogP contribution is 2.25. The number of hydrogen-bond acceptors (Lipinski definition) is 2.